The Kier molecular flexibility index (Phi) is 2.97. The second kappa shape index (κ2) is 4.64. The standard InChI is InChI=1S/C14H17N3O2/c1-11-9-14(19-16-11)6-4-8-17(10-14)13(18)12-5-2-3-7-15-12/h2-3,5,7H,4,6,8-10H2,1H3. The van der Waals surface area contributed by atoms with E-state index in [9.17, 15) is 4.79 Å². The van der Waals surface area contributed by atoms with Gasteiger partial charge in [-0.05, 0) is 31.9 Å². The maximum Gasteiger partial charge on any atom is 0.272 e. The van der Waals surface area contributed by atoms with Crippen LogP contribution in [0.25, 0.3) is 0 Å². The molecule has 0 radical (unpaired) electrons. The van der Waals surface area contributed by atoms with Crippen LogP contribution in [0, 0.1) is 0 Å². The minimum absolute atomic E-state index is 0.0205. The molecule has 2 aliphatic heterocycles. The molecule has 3 rings (SSSR count). The van der Waals surface area contributed by atoms with E-state index in [1.54, 1.807) is 12.3 Å². The smallest absolute Gasteiger partial charge is 0.272 e. The van der Waals surface area contributed by atoms with Crippen molar-refractivity contribution in [2.75, 3.05) is 13.1 Å². The Labute approximate surface area is 112 Å². The van der Waals surface area contributed by atoms with Crippen LogP contribution in [0.15, 0.2) is 29.6 Å². The van der Waals surface area contributed by atoms with Crippen molar-refractivity contribution in [2.24, 2.45) is 5.16 Å². The van der Waals surface area contributed by atoms with Crippen molar-refractivity contribution in [2.45, 2.75) is 31.8 Å². The van der Waals surface area contributed by atoms with E-state index < -0.39 is 0 Å². The van der Waals surface area contributed by atoms with Crippen LogP contribution in [0.2, 0.25) is 0 Å². The van der Waals surface area contributed by atoms with Gasteiger partial charge in [0.05, 0.1) is 12.3 Å². The van der Waals surface area contributed by atoms with Gasteiger partial charge in [-0.15, -0.1) is 0 Å². The molecule has 0 aromatic carbocycles. The Morgan fingerprint density at radius 3 is 3.05 bits per heavy atom. The number of likely N-dealkylation sites (tertiary alicyclic amines) is 1. The third kappa shape index (κ3) is 2.32. The molecular weight excluding hydrogens is 242 g/mol. The van der Waals surface area contributed by atoms with E-state index in [2.05, 4.69) is 10.1 Å². The van der Waals surface area contributed by atoms with Gasteiger partial charge in [0.15, 0.2) is 5.60 Å². The molecule has 0 N–H and O–H groups in total. The van der Waals surface area contributed by atoms with Crippen LogP contribution in [0.4, 0.5) is 0 Å². The Hall–Kier alpha value is -1.91. The van der Waals surface area contributed by atoms with Crippen molar-refractivity contribution in [3.8, 4) is 0 Å². The van der Waals surface area contributed by atoms with Crippen LogP contribution in [-0.4, -0.2) is 40.2 Å². The minimum atomic E-state index is -0.299. The molecule has 0 bridgehead atoms. The molecule has 1 amide bonds. The maximum absolute atomic E-state index is 12.4. The van der Waals surface area contributed by atoms with Crippen molar-refractivity contribution >= 4 is 11.6 Å². The van der Waals surface area contributed by atoms with Crippen molar-refractivity contribution in [1.82, 2.24) is 9.88 Å². The minimum Gasteiger partial charge on any atom is -0.387 e. The van der Waals surface area contributed by atoms with Gasteiger partial charge in [-0.1, -0.05) is 11.2 Å². The second-order valence-electron chi connectivity index (χ2n) is 5.32. The van der Waals surface area contributed by atoms with E-state index in [0.29, 0.717) is 12.2 Å². The summed E-state index contributed by atoms with van der Waals surface area (Å²) in [4.78, 5) is 23.9. The fourth-order valence-corrected chi connectivity index (χ4v) is 2.85. The lowest BCUT2D eigenvalue weighted by Gasteiger charge is -2.38. The number of aromatic nitrogens is 1. The van der Waals surface area contributed by atoms with Crippen LogP contribution in [0.5, 0.6) is 0 Å². The van der Waals surface area contributed by atoms with Crippen LogP contribution in [0.1, 0.15) is 36.7 Å². The van der Waals surface area contributed by atoms with E-state index in [1.165, 1.54) is 0 Å². The van der Waals surface area contributed by atoms with Crippen LogP contribution < -0.4 is 0 Å². The van der Waals surface area contributed by atoms with Crippen LogP contribution in [-0.2, 0) is 4.84 Å². The Morgan fingerprint density at radius 2 is 2.37 bits per heavy atom. The molecule has 1 aromatic rings. The van der Waals surface area contributed by atoms with Gasteiger partial charge in [-0.25, -0.2) is 0 Å². The normalized spacial score (nSPS) is 26.2. The quantitative estimate of drug-likeness (QED) is 0.773. The molecular formula is C14H17N3O2. The molecule has 1 fully saturated rings. The molecule has 1 atom stereocenters. The summed E-state index contributed by atoms with van der Waals surface area (Å²) in [7, 11) is 0. The molecule has 0 saturated carbocycles. The molecule has 1 aromatic heterocycles. The summed E-state index contributed by atoms with van der Waals surface area (Å²) in [6.45, 7) is 3.33. The fourth-order valence-electron chi connectivity index (χ4n) is 2.85. The summed E-state index contributed by atoms with van der Waals surface area (Å²) in [5.74, 6) is -0.0205. The van der Waals surface area contributed by atoms with E-state index in [0.717, 1.165) is 31.5 Å². The summed E-state index contributed by atoms with van der Waals surface area (Å²) in [5.41, 5.74) is 1.20. The zero-order valence-corrected chi connectivity index (χ0v) is 11.0. The predicted molar refractivity (Wildman–Crippen MR) is 70.9 cm³/mol. The Bertz CT molecular complexity index is 515. The maximum atomic E-state index is 12.4. The van der Waals surface area contributed by atoms with E-state index in [4.69, 9.17) is 4.84 Å². The van der Waals surface area contributed by atoms with Crippen molar-refractivity contribution in [3.05, 3.63) is 30.1 Å². The molecule has 1 spiro atoms. The molecule has 5 nitrogen and oxygen atoms in total. The summed E-state index contributed by atoms with van der Waals surface area (Å²) in [5, 5.41) is 4.04. The highest BCUT2D eigenvalue weighted by atomic mass is 16.7. The van der Waals surface area contributed by atoms with Crippen molar-refractivity contribution in [1.29, 1.82) is 0 Å². The number of piperidine rings is 1. The van der Waals surface area contributed by atoms with Gasteiger partial charge in [0, 0.05) is 19.2 Å². The number of rotatable bonds is 1. The third-order valence-corrected chi connectivity index (χ3v) is 3.68. The van der Waals surface area contributed by atoms with Gasteiger partial charge in [-0.3, -0.25) is 9.78 Å². The van der Waals surface area contributed by atoms with Gasteiger partial charge in [0.2, 0.25) is 0 Å². The first kappa shape index (κ1) is 12.1. The van der Waals surface area contributed by atoms with E-state index in [1.807, 2.05) is 24.0 Å². The SMILES string of the molecule is CC1=NOC2(CCCN(C(=O)c3ccccn3)C2)C1. The largest absolute Gasteiger partial charge is 0.387 e. The molecule has 1 saturated heterocycles. The molecule has 100 valence electrons. The van der Waals surface area contributed by atoms with Crippen molar-refractivity contribution < 1.29 is 9.63 Å². The number of hydrogen-bond donors (Lipinski definition) is 0. The second-order valence-corrected chi connectivity index (χ2v) is 5.32. The monoisotopic (exact) mass is 259 g/mol. The number of amides is 1. The number of nitrogens with zero attached hydrogens (tertiary/aromatic N) is 3. The van der Waals surface area contributed by atoms with Crippen molar-refractivity contribution in [3.63, 3.8) is 0 Å². The van der Waals surface area contributed by atoms with E-state index in [-0.39, 0.29) is 11.5 Å². The number of hydrogen-bond acceptors (Lipinski definition) is 4. The number of pyridine rings is 1. The first-order valence-electron chi connectivity index (χ1n) is 6.61. The summed E-state index contributed by atoms with van der Waals surface area (Å²) in [6, 6.07) is 5.39. The van der Waals surface area contributed by atoms with Gasteiger partial charge in [-0.2, -0.15) is 0 Å². The molecule has 5 heteroatoms. The molecule has 1 unspecified atom stereocenters. The highest BCUT2D eigenvalue weighted by Crippen LogP contribution is 2.33. The lowest BCUT2D eigenvalue weighted by molar-refractivity contribution is -0.0619. The average Bonchev–Trinajstić information content (AvgIpc) is 2.79. The van der Waals surface area contributed by atoms with Crippen LogP contribution in [0.3, 0.4) is 0 Å². The van der Waals surface area contributed by atoms with Gasteiger partial charge in [0.1, 0.15) is 5.69 Å². The number of carbonyl (C=O) groups excluding carboxylic acids is 1. The van der Waals surface area contributed by atoms with E-state index >= 15 is 0 Å². The highest BCUT2D eigenvalue weighted by Gasteiger charge is 2.43. The zero-order chi connectivity index (χ0) is 13.3. The predicted octanol–water partition coefficient (Wildman–Crippen LogP) is 1.85. The summed E-state index contributed by atoms with van der Waals surface area (Å²) < 4.78 is 0. The highest BCUT2D eigenvalue weighted by molar-refractivity contribution is 5.92. The average molecular weight is 259 g/mol. The number of carbonyl (C=O) groups is 1. The Balaban J connectivity index is 1.74. The van der Waals surface area contributed by atoms with Crippen LogP contribution >= 0.6 is 0 Å². The first-order valence-corrected chi connectivity index (χ1v) is 6.61. The summed E-state index contributed by atoms with van der Waals surface area (Å²) in [6.07, 6.45) is 4.37. The molecule has 19 heavy (non-hydrogen) atoms. The topological polar surface area (TPSA) is 54.8 Å². The zero-order valence-electron chi connectivity index (χ0n) is 11.0. The lowest BCUT2D eigenvalue weighted by Crippen LogP contribution is -2.50. The molecule has 2 aliphatic rings. The Morgan fingerprint density at radius 1 is 1.47 bits per heavy atom. The van der Waals surface area contributed by atoms with Gasteiger partial charge < -0.3 is 9.74 Å². The fraction of sp³-hybridized carbons (Fsp3) is 0.500. The molecule has 0 aliphatic carbocycles. The third-order valence-electron chi connectivity index (χ3n) is 3.68. The van der Waals surface area contributed by atoms with Gasteiger partial charge in [0.25, 0.3) is 5.91 Å². The van der Waals surface area contributed by atoms with Gasteiger partial charge >= 0.3 is 0 Å². The number of oxime groups is 1. The summed E-state index contributed by atoms with van der Waals surface area (Å²) >= 11 is 0. The lowest BCUT2D eigenvalue weighted by atomic mass is 9.88. The first-order chi connectivity index (χ1) is 9.19. The molecule has 3 heterocycles.